The lowest BCUT2D eigenvalue weighted by Gasteiger charge is -2.02. The van der Waals surface area contributed by atoms with Crippen LogP contribution in [0.3, 0.4) is 0 Å². The second-order valence-corrected chi connectivity index (χ2v) is 2.91. The van der Waals surface area contributed by atoms with Crippen LogP contribution >= 0.6 is 15.9 Å². The Labute approximate surface area is 76.7 Å². The van der Waals surface area contributed by atoms with Crippen molar-refractivity contribution >= 4 is 21.9 Å². The highest BCUT2D eigenvalue weighted by molar-refractivity contribution is 9.10. The number of nitrogens with zero attached hydrogens (tertiary/aromatic N) is 1. The van der Waals surface area contributed by atoms with Gasteiger partial charge in [-0.25, -0.2) is 4.98 Å². The number of carbonyl (C=O) groups is 1. The van der Waals surface area contributed by atoms with Crippen LogP contribution in [0, 0.1) is 0 Å². The first kappa shape index (κ1) is 9.21. The number of nitrogens with two attached hydrogens (primary N) is 1. The Bertz CT molecular complexity index is 286. The number of rotatable bonds is 3. The maximum absolute atomic E-state index is 10.2. The van der Waals surface area contributed by atoms with Crippen LogP contribution in [-0.2, 0) is 4.79 Å². The van der Waals surface area contributed by atoms with Crippen molar-refractivity contribution in [3.05, 3.63) is 16.8 Å². The molecule has 0 spiro atoms. The Morgan fingerprint density at radius 2 is 2.58 bits per heavy atom. The molecule has 0 aliphatic heterocycles. The first-order valence-electron chi connectivity index (χ1n) is 3.18. The van der Waals surface area contributed by atoms with Crippen LogP contribution in [0.5, 0.6) is 0 Å². The van der Waals surface area contributed by atoms with Crippen LogP contribution in [0.1, 0.15) is 18.2 Å². The summed E-state index contributed by atoms with van der Waals surface area (Å²) in [7, 11) is 0. The third-order valence-corrected chi connectivity index (χ3v) is 1.63. The van der Waals surface area contributed by atoms with Crippen LogP contribution in [-0.4, -0.2) is 16.1 Å². The molecule has 12 heavy (non-hydrogen) atoms. The van der Waals surface area contributed by atoms with E-state index >= 15 is 0 Å². The zero-order chi connectivity index (χ0) is 9.14. The first-order valence-corrected chi connectivity index (χ1v) is 3.97. The molecule has 1 unspecified atom stereocenters. The van der Waals surface area contributed by atoms with Crippen LogP contribution in [0.15, 0.2) is 15.5 Å². The van der Waals surface area contributed by atoms with Crippen molar-refractivity contribution in [3.63, 3.8) is 0 Å². The minimum atomic E-state index is -0.957. The van der Waals surface area contributed by atoms with E-state index in [-0.39, 0.29) is 6.42 Å². The predicted octanol–water partition coefficient (Wildman–Crippen LogP) is 0.912. The Kier molecular flexibility index (Phi) is 2.83. The van der Waals surface area contributed by atoms with Gasteiger partial charge in [-0.05, 0) is 0 Å². The van der Waals surface area contributed by atoms with Gasteiger partial charge in [0.1, 0.15) is 6.26 Å². The normalized spacial score (nSPS) is 12.8. The lowest BCUT2D eigenvalue weighted by molar-refractivity contribution is -0.137. The molecule has 66 valence electrons. The number of hydrogen-bond donors (Lipinski definition) is 2. The summed E-state index contributed by atoms with van der Waals surface area (Å²) in [5, 5.41) is 8.40. The SMILES string of the molecule is NC(CC(=O)O)c1coc(Br)n1. The van der Waals surface area contributed by atoms with E-state index in [4.69, 9.17) is 15.3 Å². The van der Waals surface area contributed by atoms with Gasteiger partial charge in [-0.2, -0.15) is 0 Å². The summed E-state index contributed by atoms with van der Waals surface area (Å²) in [5.41, 5.74) is 5.92. The molecule has 5 nitrogen and oxygen atoms in total. The summed E-state index contributed by atoms with van der Waals surface area (Å²) >= 11 is 2.99. The molecule has 1 aromatic heterocycles. The van der Waals surface area contributed by atoms with Gasteiger partial charge in [-0.1, -0.05) is 0 Å². The molecular formula is C6H7BrN2O3. The summed E-state index contributed by atoms with van der Waals surface area (Å²) in [5.74, 6) is -0.957. The van der Waals surface area contributed by atoms with Gasteiger partial charge < -0.3 is 15.3 Å². The summed E-state index contributed by atoms with van der Waals surface area (Å²) in [4.78, 5) is 14.4. The number of aliphatic carboxylic acids is 1. The highest BCUT2D eigenvalue weighted by Crippen LogP contribution is 2.16. The molecule has 6 heteroatoms. The molecule has 0 amide bonds. The van der Waals surface area contributed by atoms with Crippen molar-refractivity contribution in [2.24, 2.45) is 5.73 Å². The Morgan fingerprint density at radius 1 is 1.92 bits per heavy atom. The molecule has 0 aliphatic rings. The van der Waals surface area contributed by atoms with Crippen LogP contribution in [0.25, 0.3) is 0 Å². The zero-order valence-corrected chi connectivity index (χ0v) is 7.61. The van der Waals surface area contributed by atoms with E-state index in [0.29, 0.717) is 10.5 Å². The van der Waals surface area contributed by atoms with Crippen molar-refractivity contribution in [2.45, 2.75) is 12.5 Å². The Hall–Kier alpha value is -0.880. The molecule has 1 rings (SSSR count). The van der Waals surface area contributed by atoms with E-state index in [9.17, 15) is 4.79 Å². The van der Waals surface area contributed by atoms with Gasteiger partial charge in [0.05, 0.1) is 18.2 Å². The fourth-order valence-electron chi connectivity index (χ4n) is 0.726. The third kappa shape index (κ3) is 2.31. The lowest BCUT2D eigenvalue weighted by Crippen LogP contribution is -2.15. The highest BCUT2D eigenvalue weighted by Gasteiger charge is 2.14. The van der Waals surface area contributed by atoms with Crippen LogP contribution in [0.4, 0.5) is 0 Å². The highest BCUT2D eigenvalue weighted by atomic mass is 79.9. The molecule has 1 aromatic rings. The molecular weight excluding hydrogens is 228 g/mol. The molecule has 1 atom stereocenters. The molecule has 1 heterocycles. The number of hydrogen-bond acceptors (Lipinski definition) is 4. The maximum Gasteiger partial charge on any atom is 0.305 e. The number of oxazole rings is 1. The number of aromatic nitrogens is 1. The Morgan fingerprint density at radius 3 is 3.00 bits per heavy atom. The third-order valence-electron chi connectivity index (χ3n) is 1.27. The van der Waals surface area contributed by atoms with Gasteiger partial charge in [0, 0.05) is 15.9 Å². The molecule has 0 saturated carbocycles. The zero-order valence-electron chi connectivity index (χ0n) is 6.03. The van der Waals surface area contributed by atoms with Gasteiger partial charge in [0.2, 0.25) is 0 Å². The average molecular weight is 235 g/mol. The topological polar surface area (TPSA) is 89.4 Å². The van der Waals surface area contributed by atoms with E-state index in [0.717, 1.165) is 0 Å². The second kappa shape index (κ2) is 3.68. The fourth-order valence-corrected chi connectivity index (χ4v) is 1.02. The van der Waals surface area contributed by atoms with Gasteiger partial charge in [0.25, 0.3) is 4.80 Å². The molecule has 0 fully saturated rings. The first-order chi connectivity index (χ1) is 5.59. The van der Waals surface area contributed by atoms with E-state index in [1.807, 2.05) is 0 Å². The molecule has 0 radical (unpaired) electrons. The van der Waals surface area contributed by atoms with Gasteiger partial charge in [-0.15, -0.1) is 0 Å². The second-order valence-electron chi connectivity index (χ2n) is 2.23. The summed E-state index contributed by atoms with van der Waals surface area (Å²) in [6.07, 6.45) is 1.18. The quantitative estimate of drug-likeness (QED) is 0.812. The summed E-state index contributed by atoms with van der Waals surface area (Å²) in [6.45, 7) is 0. The fraction of sp³-hybridized carbons (Fsp3) is 0.333. The molecule has 3 N–H and O–H groups in total. The number of carboxylic acids is 1. The standard InChI is InChI=1S/C6H7BrN2O3/c7-6-9-4(2-12-6)3(8)1-5(10)11/h2-3H,1,8H2,(H,10,11). The number of carboxylic acid groups (broad SMARTS) is 1. The van der Waals surface area contributed by atoms with E-state index < -0.39 is 12.0 Å². The van der Waals surface area contributed by atoms with Gasteiger partial charge in [0.15, 0.2) is 0 Å². The Balaban J connectivity index is 2.64. The number of halogens is 1. The van der Waals surface area contributed by atoms with Crippen LogP contribution < -0.4 is 5.73 Å². The van der Waals surface area contributed by atoms with Crippen LogP contribution in [0.2, 0.25) is 0 Å². The summed E-state index contributed by atoms with van der Waals surface area (Å²) in [6, 6.07) is -0.613. The van der Waals surface area contributed by atoms with Crippen molar-refractivity contribution < 1.29 is 14.3 Å². The largest absolute Gasteiger partial charge is 0.481 e. The molecule has 0 aliphatic carbocycles. The maximum atomic E-state index is 10.2. The minimum absolute atomic E-state index is 0.154. The molecule has 0 bridgehead atoms. The van der Waals surface area contributed by atoms with Crippen molar-refractivity contribution in [1.29, 1.82) is 0 Å². The minimum Gasteiger partial charge on any atom is -0.481 e. The van der Waals surface area contributed by atoms with Gasteiger partial charge in [-0.3, -0.25) is 4.79 Å². The van der Waals surface area contributed by atoms with Crippen molar-refractivity contribution in [3.8, 4) is 0 Å². The predicted molar refractivity (Wildman–Crippen MR) is 43.4 cm³/mol. The van der Waals surface area contributed by atoms with E-state index in [1.54, 1.807) is 0 Å². The smallest absolute Gasteiger partial charge is 0.305 e. The molecule has 0 aromatic carbocycles. The lowest BCUT2D eigenvalue weighted by atomic mass is 10.2. The van der Waals surface area contributed by atoms with Crippen molar-refractivity contribution in [2.75, 3.05) is 0 Å². The molecule has 0 saturated heterocycles. The monoisotopic (exact) mass is 234 g/mol. The van der Waals surface area contributed by atoms with Gasteiger partial charge >= 0.3 is 5.97 Å². The summed E-state index contributed by atoms with van der Waals surface area (Å²) < 4.78 is 4.80. The van der Waals surface area contributed by atoms with E-state index in [1.165, 1.54) is 6.26 Å². The van der Waals surface area contributed by atoms with E-state index in [2.05, 4.69) is 20.9 Å². The van der Waals surface area contributed by atoms with Crippen molar-refractivity contribution in [1.82, 2.24) is 4.98 Å². The average Bonchev–Trinajstić information content (AvgIpc) is 2.34.